The summed E-state index contributed by atoms with van der Waals surface area (Å²) in [4.78, 5) is 4.57. The van der Waals surface area contributed by atoms with Crippen LogP contribution < -0.4 is 4.74 Å². The van der Waals surface area contributed by atoms with Crippen LogP contribution in [0.3, 0.4) is 0 Å². The average Bonchev–Trinajstić information content (AvgIpc) is 2.92. The van der Waals surface area contributed by atoms with Crippen LogP contribution >= 0.6 is 0 Å². The summed E-state index contributed by atoms with van der Waals surface area (Å²) in [5.74, 6) is 1.56. The molecule has 3 aromatic rings. The molecule has 5 heteroatoms. The van der Waals surface area contributed by atoms with E-state index in [1.165, 1.54) is 5.56 Å². The van der Waals surface area contributed by atoms with Gasteiger partial charge in [-0.3, -0.25) is 0 Å². The molecule has 0 fully saturated rings. The Balaban J connectivity index is 1.71. The zero-order chi connectivity index (χ0) is 16.9. The third kappa shape index (κ3) is 3.75. The molecule has 0 aliphatic carbocycles. The summed E-state index contributed by atoms with van der Waals surface area (Å²) in [5, 5.41) is 10.4. The largest absolute Gasteiger partial charge is 0.491 e. The van der Waals surface area contributed by atoms with Gasteiger partial charge in [0.05, 0.1) is 17.6 Å². The van der Waals surface area contributed by atoms with Crippen molar-refractivity contribution < 1.29 is 14.6 Å². The Morgan fingerprint density at radius 3 is 2.62 bits per heavy atom. The molecule has 1 atom stereocenters. The van der Waals surface area contributed by atoms with Crippen LogP contribution in [0, 0.1) is 6.92 Å². The summed E-state index contributed by atoms with van der Waals surface area (Å²) < 4.78 is 12.9. The fraction of sp³-hybridized carbons (Fsp3) is 0.316. The number of aromatic nitrogens is 2. The number of aliphatic hydroxyl groups excluding tert-OH is 1. The standard InChI is InChI=1S/C19H22N2O3/c1-14-7-9-16(10-8-14)24-12-15(22)11-21-18-6-4-3-5-17(18)20-19(21)13-23-2/h3-10,15,22H,11-13H2,1-2H3. The third-order valence-corrected chi connectivity index (χ3v) is 3.86. The number of hydrogen-bond donors (Lipinski definition) is 1. The Hall–Kier alpha value is -2.37. The molecule has 0 bridgehead atoms. The average molecular weight is 326 g/mol. The van der Waals surface area contributed by atoms with Gasteiger partial charge in [0, 0.05) is 7.11 Å². The lowest BCUT2D eigenvalue weighted by Crippen LogP contribution is -2.24. The van der Waals surface area contributed by atoms with Crippen LogP contribution in [-0.2, 0) is 17.9 Å². The van der Waals surface area contributed by atoms with Gasteiger partial charge in [0.15, 0.2) is 0 Å². The molecule has 0 aliphatic heterocycles. The fourth-order valence-corrected chi connectivity index (χ4v) is 2.66. The van der Waals surface area contributed by atoms with Crippen LogP contribution in [0.4, 0.5) is 0 Å². The van der Waals surface area contributed by atoms with Gasteiger partial charge in [0.1, 0.15) is 30.9 Å². The summed E-state index contributed by atoms with van der Waals surface area (Å²) in [6.45, 7) is 3.06. The molecule has 0 saturated carbocycles. The first-order chi connectivity index (χ1) is 11.7. The van der Waals surface area contributed by atoms with E-state index in [1.54, 1.807) is 7.11 Å². The number of ether oxygens (including phenoxy) is 2. The van der Waals surface area contributed by atoms with Crippen molar-refractivity contribution in [1.82, 2.24) is 9.55 Å². The van der Waals surface area contributed by atoms with Crippen molar-refractivity contribution in [3.63, 3.8) is 0 Å². The van der Waals surface area contributed by atoms with Crippen LogP contribution in [0.5, 0.6) is 5.75 Å². The highest BCUT2D eigenvalue weighted by Gasteiger charge is 2.14. The van der Waals surface area contributed by atoms with Crippen molar-refractivity contribution in [1.29, 1.82) is 0 Å². The van der Waals surface area contributed by atoms with E-state index in [1.807, 2.05) is 60.0 Å². The quantitative estimate of drug-likeness (QED) is 0.725. The summed E-state index contributed by atoms with van der Waals surface area (Å²) in [6, 6.07) is 15.7. The first kappa shape index (κ1) is 16.5. The molecular weight excluding hydrogens is 304 g/mol. The van der Waals surface area contributed by atoms with E-state index in [0.29, 0.717) is 13.2 Å². The number of aryl methyl sites for hydroxylation is 1. The van der Waals surface area contributed by atoms with Gasteiger partial charge in [-0.15, -0.1) is 0 Å². The Kier molecular flexibility index (Phi) is 5.13. The summed E-state index contributed by atoms with van der Waals surface area (Å²) in [6.07, 6.45) is -0.639. The van der Waals surface area contributed by atoms with Crippen LogP contribution in [0.2, 0.25) is 0 Å². The maximum Gasteiger partial charge on any atom is 0.136 e. The van der Waals surface area contributed by atoms with Gasteiger partial charge in [-0.1, -0.05) is 29.8 Å². The highest BCUT2D eigenvalue weighted by Crippen LogP contribution is 2.18. The van der Waals surface area contributed by atoms with Gasteiger partial charge in [0.25, 0.3) is 0 Å². The van der Waals surface area contributed by atoms with E-state index in [-0.39, 0.29) is 6.61 Å². The molecule has 0 amide bonds. The molecule has 1 aromatic heterocycles. The predicted molar refractivity (Wildman–Crippen MR) is 93.1 cm³/mol. The number of imidazole rings is 1. The van der Waals surface area contributed by atoms with E-state index >= 15 is 0 Å². The lowest BCUT2D eigenvalue weighted by molar-refractivity contribution is 0.0901. The van der Waals surface area contributed by atoms with Crippen LogP contribution in [0.1, 0.15) is 11.4 Å². The van der Waals surface area contributed by atoms with Crippen LogP contribution in [0.25, 0.3) is 11.0 Å². The van der Waals surface area contributed by atoms with Crippen LogP contribution in [-0.4, -0.2) is 34.5 Å². The van der Waals surface area contributed by atoms with Gasteiger partial charge in [-0.2, -0.15) is 0 Å². The Morgan fingerprint density at radius 2 is 1.88 bits per heavy atom. The predicted octanol–water partition coefficient (Wildman–Crippen LogP) is 2.93. The van der Waals surface area contributed by atoms with E-state index in [2.05, 4.69) is 4.98 Å². The highest BCUT2D eigenvalue weighted by atomic mass is 16.5. The molecule has 1 heterocycles. The van der Waals surface area contributed by atoms with Crippen LogP contribution in [0.15, 0.2) is 48.5 Å². The van der Waals surface area contributed by atoms with E-state index in [9.17, 15) is 5.11 Å². The van der Waals surface area contributed by atoms with Gasteiger partial charge in [-0.25, -0.2) is 4.98 Å². The topological polar surface area (TPSA) is 56.5 Å². The SMILES string of the molecule is COCc1nc2ccccc2n1CC(O)COc1ccc(C)cc1. The zero-order valence-electron chi connectivity index (χ0n) is 14.0. The number of aliphatic hydroxyl groups is 1. The molecule has 0 spiro atoms. The number of rotatable bonds is 7. The van der Waals surface area contributed by atoms with Crippen molar-refractivity contribution in [2.75, 3.05) is 13.7 Å². The molecule has 2 aromatic carbocycles. The first-order valence-corrected chi connectivity index (χ1v) is 7.98. The number of fused-ring (bicyclic) bond motifs is 1. The Bertz CT molecular complexity index is 796. The van der Waals surface area contributed by atoms with Gasteiger partial charge in [0.2, 0.25) is 0 Å². The lowest BCUT2D eigenvalue weighted by atomic mass is 10.2. The third-order valence-electron chi connectivity index (χ3n) is 3.86. The summed E-state index contributed by atoms with van der Waals surface area (Å²) in [7, 11) is 1.64. The molecule has 1 N–H and O–H groups in total. The minimum absolute atomic E-state index is 0.224. The van der Waals surface area contributed by atoms with E-state index < -0.39 is 6.10 Å². The number of para-hydroxylation sites is 2. The Morgan fingerprint density at radius 1 is 1.12 bits per heavy atom. The molecular formula is C19H22N2O3. The maximum absolute atomic E-state index is 10.4. The number of benzene rings is 2. The normalized spacial score (nSPS) is 12.5. The molecule has 0 saturated heterocycles. The molecule has 0 radical (unpaired) electrons. The van der Waals surface area contributed by atoms with Gasteiger partial charge < -0.3 is 19.1 Å². The van der Waals surface area contributed by atoms with Crippen molar-refractivity contribution in [3.05, 3.63) is 59.9 Å². The van der Waals surface area contributed by atoms with E-state index in [0.717, 1.165) is 22.6 Å². The minimum Gasteiger partial charge on any atom is -0.491 e. The minimum atomic E-state index is -0.639. The molecule has 126 valence electrons. The molecule has 3 rings (SSSR count). The molecule has 5 nitrogen and oxygen atoms in total. The summed E-state index contributed by atoms with van der Waals surface area (Å²) >= 11 is 0. The van der Waals surface area contributed by atoms with Crippen molar-refractivity contribution in [3.8, 4) is 5.75 Å². The highest BCUT2D eigenvalue weighted by molar-refractivity contribution is 5.75. The lowest BCUT2D eigenvalue weighted by Gasteiger charge is -2.15. The van der Waals surface area contributed by atoms with Gasteiger partial charge >= 0.3 is 0 Å². The second kappa shape index (κ2) is 7.47. The zero-order valence-corrected chi connectivity index (χ0v) is 14.0. The molecule has 0 aliphatic rings. The second-order valence-electron chi connectivity index (χ2n) is 5.84. The number of nitrogens with zero attached hydrogens (tertiary/aromatic N) is 2. The number of hydrogen-bond acceptors (Lipinski definition) is 4. The van der Waals surface area contributed by atoms with Crippen molar-refractivity contribution >= 4 is 11.0 Å². The van der Waals surface area contributed by atoms with Crippen molar-refractivity contribution in [2.24, 2.45) is 0 Å². The van der Waals surface area contributed by atoms with Gasteiger partial charge in [-0.05, 0) is 31.2 Å². The number of methoxy groups -OCH3 is 1. The molecule has 1 unspecified atom stereocenters. The second-order valence-corrected chi connectivity index (χ2v) is 5.84. The summed E-state index contributed by atoms with van der Waals surface area (Å²) in [5.41, 5.74) is 3.06. The maximum atomic E-state index is 10.4. The smallest absolute Gasteiger partial charge is 0.136 e. The monoisotopic (exact) mass is 326 g/mol. The van der Waals surface area contributed by atoms with Crippen molar-refractivity contribution in [2.45, 2.75) is 26.2 Å². The van der Waals surface area contributed by atoms with E-state index in [4.69, 9.17) is 9.47 Å². The molecule has 24 heavy (non-hydrogen) atoms. The Labute approximate surface area is 141 Å². The first-order valence-electron chi connectivity index (χ1n) is 7.98. The fourth-order valence-electron chi connectivity index (χ4n) is 2.66.